The summed E-state index contributed by atoms with van der Waals surface area (Å²) in [6.45, 7) is 4.38. The van der Waals surface area contributed by atoms with Crippen LogP contribution in [0.1, 0.15) is 73.8 Å². The molecule has 6 nitrogen and oxygen atoms in total. The molecule has 1 saturated carbocycles. The molecule has 0 spiro atoms. The first-order chi connectivity index (χ1) is 16.8. The predicted octanol–water partition coefficient (Wildman–Crippen LogP) is 5.43. The lowest BCUT2D eigenvalue weighted by Crippen LogP contribution is -2.49. The van der Waals surface area contributed by atoms with E-state index < -0.39 is 12.2 Å². The van der Waals surface area contributed by atoms with Crippen molar-refractivity contribution >= 4 is 6.08 Å². The summed E-state index contributed by atoms with van der Waals surface area (Å²) < 4.78 is 12.0. The van der Waals surface area contributed by atoms with E-state index in [9.17, 15) is 20.4 Å². The van der Waals surface area contributed by atoms with E-state index in [-0.39, 0.29) is 35.2 Å². The van der Waals surface area contributed by atoms with Gasteiger partial charge >= 0.3 is 0 Å². The number of aliphatic hydroxyl groups excluding tert-OH is 1. The first-order valence-electron chi connectivity index (χ1n) is 12.7. The highest BCUT2D eigenvalue weighted by molar-refractivity contribution is 5.71. The standard InChI is InChI=1S/C29H36O6/c1-15(2)4-5-18-12-16(7-11-23(18)30)17-6-8-20-25(13-17)35-28-21(26(20)32)10-9-19-22(28)14-24(31)27(33)29(19)34-3/h7,9-12,14-15,17,20-21,25-26,28,30-33H,4-6,8,13H2,1-3H3/t17-,20-,21+,25+,26-,28+/m1/s1. The number of aromatic hydroxyl groups is 3. The molecule has 4 N–H and O–H groups in total. The molecular formula is C29H36O6. The molecule has 1 aliphatic heterocycles. The molecule has 2 aromatic carbocycles. The van der Waals surface area contributed by atoms with E-state index in [4.69, 9.17) is 9.47 Å². The molecule has 0 unspecified atom stereocenters. The van der Waals surface area contributed by atoms with Crippen LogP contribution in [0.3, 0.4) is 0 Å². The van der Waals surface area contributed by atoms with Crippen LogP contribution in [0.25, 0.3) is 6.08 Å². The maximum atomic E-state index is 11.3. The van der Waals surface area contributed by atoms with Crippen LogP contribution in [0, 0.1) is 17.8 Å². The summed E-state index contributed by atoms with van der Waals surface area (Å²) in [6, 6.07) is 7.51. The predicted molar refractivity (Wildman–Crippen MR) is 134 cm³/mol. The highest BCUT2D eigenvalue weighted by Crippen LogP contribution is 2.54. The lowest BCUT2D eigenvalue weighted by Gasteiger charge is -2.49. The third-order valence-corrected chi connectivity index (χ3v) is 8.21. The molecule has 5 rings (SSSR count). The van der Waals surface area contributed by atoms with Crippen molar-refractivity contribution in [3.63, 3.8) is 0 Å². The smallest absolute Gasteiger partial charge is 0.201 e. The van der Waals surface area contributed by atoms with Crippen LogP contribution in [-0.4, -0.2) is 39.7 Å². The first kappa shape index (κ1) is 24.0. The topological polar surface area (TPSA) is 99.4 Å². The lowest BCUT2D eigenvalue weighted by molar-refractivity contribution is -0.177. The molecule has 3 aliphatic rings. The Morgan fingerprint density at radius 1 is 1.09 bits per heavy atom. The molecular weight excluding hydrogens is 444 g/mol. The van der Waals surface area contributed by atoms with Crippen LogP contribution in [0.2, 0.25) is 0 Å². The van der Waals surface area contributed by atoms with Crippen molar-refractivity contribution in [2.24, 2.45) is 17.8 Å². The van der Waals surface area contributed by atoms with Gasteiger partial charge in [0.2, 0.25) is 5.75 Å². The molecule has 0 amide bonds. The number of ether oxygens (including phenoxy) is 2. The second-order valence-electron chi connectivity index (χ2n) is 10.8. The molecule has 0 radical (unpaired) electrons. The zero-order chi connectivity index (χ0) is 24.9. The van der Waals surface area contributed by atoms with Gasteiger partial charge in [0.25, 0.3) is 0 Å². The molecule has 2 aromatic rings. The largest absolute Gasteiger partial charge is 0.508 e. The number of methoxy groups -OCH3 is 1. The van der Waals surface area contributed by atoms with E-state index in [1.165, 1.54) is 18.7 Å². The lowest BCUT2D eigenvalue weighted by atomic mass is 9.67. The third kappa shape index (κ3) is 4.27. The van der Waals surface area contributed by atoms with E-state index in [2.05, 4.69) is 19.9 Å². The van der Waals surface area contributed by atoms with Gasteiger partial charge in [0.05, 0.1) is 25.4 Å². The van der Waals surface area contributed by atoms with Gasteiger partial charge in [-0.05, 0) is 72.8 Å². The summed E-state index contributed by atoms with van der Waals surface area (Å²) in [5, 5.41) is 42.2. The Morgan fingerprint density at radius 2 is 1.89 bits per heavy atom. The van der Waals surface area contributed by atoms with Crippen LogP contribution in [0.15, 0.2) is 30.3 Å². The summed E-state index contributed by atoms with van der Waals surface area (Å²) in [7, 11) is 1.46. The fourth-order valence-corrected chi connectivity index (χ4v) is 6.23. The Hall–Kier alpha value is -2.70. The summed E-state index contributed by atoms with van der Waals surface area (Å²) in [5.41, 5.74) is 3.62. The number of aliphatic hydroxyl groups is 1. The molecule has 188 valence electrons. The Balaban J connectivity index is 1.40. The number of phenolic OH excluding ortho intramolecular Hbond substituents is 3. The molecule has 35 heavy (non-hydrogen) atoms. The molecule has 6 heteroatoms. The second kappa shape index (κ2) is 9.40. The summed E-state index contributed by atoms with van der Waals surface area (Å²) >= 11 is 0. The number of phenols is 3. The van der Waals surface area contributed by atoms with Crippen LogP contribution in [-0.2, 0) is 11.2 Å². The molecule has 2 fully saturated rings. The van der Waals surface area contributed by atoms with E-state index in [1.807, 2.05) is 24.3 Å². The van der Waals surface area contributed by atoms with Crippen LogP contribution in [0.4, 0.5) is 0 Å². The van der Waals surface area contributed by atoms with Gasteiger partial charge in [0, 0.05) is 17.4 Å². The van der Waals surface area contributed by atoms with Crippen LogP contribution < -0.4 is 4.74 Å². The zero-order valence-corrected chi connectivity index (χ0v) is 20.6. The maximum Gasteiger partial charge on any atom is 0.201 e. The van der Waals surface area contributed by atoms with Gasteiger partial charge in [0.15, 0.2) is 11.5 Å². The Kier molecular flexibility index (Phi) is 6.45. The Bertz CT molecular complexity index is 1120. The van der Waals surface area contributed by atoms with Crippen molar-refractivity contribution in [3.8, 4) is 23.0 Å². The number of rotatable bonds is 5. The van der Waals surface area contributed by atoms with Gasteiger partial charge in [-0.25, -0.2) is 0 Å². The normalized spacial score (nSPS) is 29.4. The van der Waals surface area contributed by atoms with E-state index in [1.54, 1.807) is 0 Å². The number of benzene rings is 2. The molecule has 0 aromatic heterocycles. The monoisotopic (exact) mass is 480 g/mol. The molecule has 1 saturated heterocycles. The van der Waals surface area contributed by atoms with Gasteiger partial charge in [-0.15, -0.1) is 0 Å². The zero-order valence-electron chi connectivity index (χ0n) is 20.6. The fourth-order valence-electron chi connectivity index (χ4n) is 6.23. The molecule has 0 bridgehead atoms. The second-order valence-corrected chi connectivity index (χ2v) is 10.8. The Labute approximate surface area is 206 Å². The van der Waals surface area contributed by atoms with Gasteiger partial charge in [-0.3, -0.25) is 0 Å². The number of aryl methyl sites for hydroxylation is 1. The summed E-state index contributed by atoms with van der Waals surface area (Å²) in [4.78, 5) is 0. The van der Waals surface area contributed by atoms with Crippen molar-refractivity contribution in [1.29, 1.82) is 0 Å². The van der Waals surface area contributed by atoms with Gasteiger partial charge in [-0.2, -0.15) is 0 Å². The van der Waals surface area contributed by atoms with Gasteiger partial charge in [0.1, 0.15) is 5.75 Å². The molecule has 2 aliphatic carbocycles. The molecule has 1 heterocycles. The number of hydrogen-bond donors (Lipinski definition) is 4. The van der Waals surface area contributed by atoms with Crippen molar-refractivity contribution < 1.29 is 29.9 Å². The SMILES string of the molecule is COc1c(O)c(O)cc2c1C=C[C@H]1[C@H](O)[C@@H]3CC[C@@H](c4ccc(O)c(CCC(C)C)c4)C[C@@H]3O[C@H]21. The van der Waals surface area contributed by atoms with E-state index in [0.29, 0.717) is 23.1 Å². The van der Waals surface area contributed by atoms with Crippen molar-refractivity contribution in [1.82, 2.24) is 0 Å². The first-order valence-corrected chi connectivity index (χ1v) is 12.7. The Morgan fingerprint density at radius 3 is 2.63 bits per heavy atom. The minimum absolute atomic E-state index is 0.0452. The highest BCUT2D eigenvalue weighted by Gasteiger charge is 2.48. The van der Waals surface area contributed by atoms with Gasteiger partial charge < -0.3 is 29.9 Å². The molecule has 6 atom stereocenters. The van der Waals surface area contributed by atoms with Crippen LogP contribution in [0.5, 0.6) is 23.0 Å². The minimum Gasteiger partial charge on any atom is -0.508 e. The highest BCUT2D eigenvalue weighted by atomic mass is 16.5. The van der Waals surface area contributed by atoms with Crippen molar-refractivity contribution in [2.45, 2.75) is 70.2 Å². The van der Waals surface area contributed by atoms with Gasteiger partial charge in [-0.1, -0.05) is 38.1 Å². The fraction of sp³-hybridized carbons (Fsp3) is 0.517. The van der Waals surface area contributed by atoms with Crippen LogP contribution >= 0.6 is 0 Å². The maximum absolute atomic E-state index is 11.3. The van der Waals surface area contributed by atoms with Crippen molar-refractivity contribution in [3.05, 3.63) is 52.6 Å². The van der Waals surface area contributed by atoms with E-state index >= 15 is 0 Å². The van der Waals surface area contributed by atoms with E-state index in [0.717, 1.165) is 43.2 Å². The average molecular weight is 481 g/mol. The summed E-state index contributed by atoms with van der Waals surface area (Å²) in [5.74, 6) is 0.725. The van der Waals surface area contributed by atoms with Crippen molar-refractivity contribution in [2.75, 3.05) is 7.11 Å². The number of fused-ring (bicyclic) bond motifs is 4. The third-order valence-electron chi connectivity index (χ3n) is 8.21. The quantitative estimate of drug-likeness (QED) is 0.426. The minimum atomic E-state index is -0.549. The summed E-state index contributed by atoms with van der Waals surface area (Å²) in [6.07, 6.45) is 7.21. The number of hydrogen-bond acceptors (Lipinski definition) is 6. The average Bonchev–Trinajstić information content (AvgIpc) is 2.84.